The smallest absolute Gasteiger partial charge is 0.153 e. The molecule has 1 N–H and O–H groups in total. The monoisotopic (exact) mass is 215 g/mol. The molecule has 0 saturated carbocycles. The summed E-state index contributed by atoms with van der Waals surface area (Å²) in [5.41, 5.74) is 0.844. The molecule has 0 atom stereocenters. The summed E-state index contributed by atoms with van der Waals surface area (Å²) in [5.74, 6) is 0.916. The summed E-state index contributed by atoms with van der Waals surface area (Å²) in [6.07, 6.45) is 3.62. The maximum atomic E-state index is 4.73. The van der Waals surface area contributed by atoms with E-state index in [1.54, 1.807) is 6.34 Å². The molecule has 16 heavy (non-hydrogen) atoms. The summed E-state index contributed by atoms with van der Waals surface area (Å²) >= 11 is 0. The summed E-state index contributed by atoms with van der Waals surface area (Å²) in [7, 11) is 0. The first-order chi connectivity index (χ1) is 7.79. The van der Waals surface area contributed by atoms with Crippen molar-refractivity contribution in [3.8, 4) is 0 Å². The van der Waals surface area contributed by atoms with E-state index in [4.69, 9.17) is 4.99 Å². The van der Waals surface area contributed by atoms with Gasteiger partial charge in [-0.25, -0.2) is 9.98 Å². The fourth-order valence-electron chi connectivity index (χ4n) is 1.82. The predicted octanol–water partition coefficient (Wildman–Crippen LogP) is 2.58. The fraction of sp³-hybridized carbons (Fsp3) is 0.385. The zero-order valence-corrected chi connectivity index (χ0v) is 9.77. The van der Waals surface area contributed by atoms with Gasteiger partial charge in [0.25, 0.3) is 0 Å². The molecule has 1 aromatic carbocycles. The molecule has 0 radical (unpaired) electrons. The maximum Gasteiger partial charge on any atom is 0.153 e. The Bertz CT molecular complexity index is 402. The van der Waals surface area contributed by atoms with Crippen LogP contribution in [0, 0.1) is 0 Å². The number of hydrogen-bond donors (Lipinski definition) is 1. The quantitative estimate of drug-likeness (QED) is 0.826. The van der Waals surface area contributed by atoms with Crippen molar-refractivity contribution in [3.63, 3.8) is 0 Å². The number of nitrogens with zero attached hydrogens (tertiary/aromatic N) is 2. The molecule has 0 fully saturated rings. The minimum atomic E-state index is -0.267. The van der Waals surface area contributed by atoms with Crippen LogP contribution >= 0.6 is 0 Å². The summed E-state index contributed by atoms with van der Waals surface area (Å²) in [5, 5.41) is 3.12. The van der Waals surface area contributed by atoms with Crippen LogP contribution in [0.25, 0.3) is 0 Å². The summed E-state index contributed by atoms with van der Waals surface area (Å²) < 4.78 is 0. The number of benzene rings is 1. The molecular formula is C13H17N3. The van der Waals surface area contributed by atoms with E-state index in [-0.39, 0.29) is 5.66 Å². The molecule has 84 valence electrons. The van der Waals surface area contributed by atoms with Gasteiger partial charge in [-0.3, -0.25) is 0 Å². The van der Waals surface area contributed by atoms with Gasteiger partial charge in [0, 0.05) is 5.56 Å². The zero-order chi connectivity index (χ0) is 11.4. The molecule has 0 unspecified atom stereocenters. The number of rotatable bonds is 3. The van der Waals surface area contributed by atoms with Crippen LogP contribution in [-0.2, 0) is 0 Å². The van der Waals surface area contributed by atoms with Crippen molar-refractivity contribution < 1.29 is 0 Å². The van der Waals surface area contributed by atoms with Crippen molar-refractivity contribution in [2.45, 2.75) is 32.4 Å². The summed E-state index contributed by atoms with van der Waals surface area (Å²) in [6.45, 7) is 4.25. The van der Waals surface area contributed by atoms with Crippen molar-refractivity contribution in [3.05, 3.63) is 35.9 Å². The lowest BCUT2D eigenvalue weighted by Gasteiger charge is -2.27. The second kappa shape index (κ2) is 4.47. The van der Waals surface area contributed by atoms with E-state index in [2.05, 4.69) is 36.3 Å². The fourth-order valence-corrected chi connectivity index (χ4v) is 1.82. The second-order valence-electron chi connectivity index (χ2n) is 3.92. The van der Waals surface area contributed by atoms with Gasteiger partial charge in [-0.15, -0.1) is 0 Å². The molecule has 1 aromatic rings. The van der Waals surface area contributed by atoms with Crippen molar-refractivity contribution >= 4 is 12.2 Å². The third-order valence-corrected chi connectivity index (χ3v) is 3.01. The molecule has 0 aliphatic carbocycles. The van der Waals surface area contributed by atoms with Crippen molar-refractivity contribution in [2.75, 3.05) is 0 Å². The highest BCUT2D eigenvalue weighted by Crippen LogP contribution is 2.24. The van der Waals surface area contributed by atoms with Crippen molar-refractivity contribution in [1.29, 1.82) is 0 Å². The molecule has 0 aromatic heterocycles. The lowest BCUT2D eigenvalue weighted by Crippen LogP contribution is -2.36. The van der Waals surface area contributed by atoms with Gasteiger partial charge in [-0.05, 0) is 12.8 Å². The molecule has 3 heteroatoms. The van der Waals surface area contributed by atoms with Crippen molar-refractivity contribution in [1.82, 2.24) is 5.32 Å². The highest BCUT2D eigenvalue weighted by Gasteiger charge is 2.26. The Morgan fingerprint density at radius 1 is 1.12 bits per heavy atom. The first-order valence-corrected chi connectivity index (χ1v) is 5.75. The molecule has 2 rings (SSSR count). The summed E-state index contributed by atoms with van der Waals surface area (Å²) in [4.78, 5) is 9.18. The van der Waals surface area contributed by atoms with Crippen LogP contribution in [0.2, 0.25) is 0 Å². The largest absolute Gasteiger partial charge is 0.331 e. The Hall–Kier alpha value is -1.64. The number of amidine groups is 1. The average Bonchev–Trinajstić information content (AvgIpc) is 2.40. The van der Waals surface area contributed by atoms with Crippen LogP contribution in [0.5, 0.6) is 0 Å². The van der Waals surface area contributed by atoms with Crippen LogP contribution in [0.4, 0.5) is 0 Å². The van der Waals surface area contributed by atoms with Crippen LogP contribution < -0.4 is 5.32 Å². The first kappa shape index (κ1) is 10.9. The van der Waals surface area contributed by atoms with Gasteiger partial charge >= 0.3 is 0 Å². The van der Waals surface area contributed by atoms with Crippen molar-refractivity contribution in [2.24, 2.45) is 9.98 Å². The SMILES string of the molecule is CCC1(CC)N=CNC(c2ccccc2)=N1. The number of aliphatic imine (C=N–C) groups is 2. The van der Waals surface area contributed by atoms with E-state index in [9.17, 15) is 0 Å². The Kier molecular flexibility index (Phi) is 3.04. The molecule has 1 aliphatic heterocycles. The lowest BCUT2D eigenvalue weighted by atomic mass is 10.0. The highest BCUT2D eigenvalue weighted by atomic mass is 15.2. The Morgan fingerprint density at radius 2 is 1.81 bits per heavy atom. The first-order valence-electron chi connectivity index (χ1n) is 5.75. The van der Waals surface area contributed by atoms with E-state index < -0.39 is 0 Å². The van der Waals surface area contributed by atoms with Gasteiger partial charge in [-0.2, -0.15) is 0 Å². The molecule has 0 spiro atoms. The third-order valence-electron chi connectivity index (χ3n) is 3.01. The van der Waals surface area contributed by atoms with Gasteiger partial charge in [0.15, 0.2) is 5.66 Å². The third kappa shape index (κ3) is 1.98. The van der Waals surface area contributed by atoms with Crippen LogP contribution in [-0.4, -0.2) is 17.8 Å². The van der Waals surface area contributed by atoms with Crippen LogP contribution in [0.3, 0.4) is 0 Å². The lowest BCUT2D eigenvalue weighted by molar-refractivity contribution is 0.415. The molecule has 3 nitrogen and oxygen atoms in total. The topological polar surface area (TPSA) is 36.8 Å². The minimum Gasteiger partial charge on any atom is -0.331 e. The van der Waals surface area contributed by atoms with Crippen LogP contribution in [0.15, 0.2) is 40.3 Å². The normalized spacial score (nSPS) is 17.8. The van der Waals surface area contributed by atoms with Gasteiger partial charge in [0.1, 0.15) is 5.84 Å². The van der Waals surface area contributed by atoms with Crippen LogP contribution in [0.1, 0.15) is 32.3 Å². The molecular weight excluding hydrogens is 198 g/mol. The Balaban J connectivity index is 2.34. The van der Waals surface area contributed by atoms with E-state index in [0.29, 0.717) is 0 Å². The Morgan fingerprint density at radius 3 is 2.44 bits per heavy atom. The van der Waals surface area contributed by atoms with Gasteiger partial charge in [0.05, 0.1) is 6.34 Å². The number of hydrogen-bond acceptors (Lipinski definition) is 3. The Labute approximate surface area is 96.3 Å². The molecule has 1 aliphatic rings. The second-order valence-corrected chi connectivity index (χ2v) is 3.92. The minimum absolute atomic E-state index is 0.267. The van der Waals surface area contributed by atoms with E-state index >= 15 is 0 Å². The zero-order valence-electron chi connectivity index (χ0n) is 9.77. The van der Waals surface area contributed by atoms with Gasteiger partial charge in [-0.1, -0.05) is 44.2 Å². The van der Waals surface area contributed by atoms with Gasteiger partial charge < -0.3 is 5.32 Å². The summed E-state index contributed by atoms with van der Waals surface area (Å²) in [6, 6.07) is 10.2. The number of nitrogens with one attached hydrogen (secondary N) is 1. The van der Waals surface area contributed by atoms with E-state index in [0.717, 1.165) is 24.2 Å². The molecule has 0 bridgehead atoms. The standard InChI is InChI=1S/C13H17N3/c1-3-13(4-2)15-10-14-12(16-13)11-8-6-5-7-9-11/h5-10H,3-4H2,1-2H3,(H,14,15,16). The van der Waals surface area contributed by atoms with E-state index in [1.165, 1.54) is 0 Å². The highest BCUT2D eigenvalue weighted by molar-refractivity contribution is 6.05. The van der Waals surface area contributed by atoms with E-state index in [1.807, 2.05) is 18.2 Å². The maximum absolute atomic E-state index is 4.73. The van der Waals surface area contributed by atoms with Gasteiger partial charge in [0.2, 0.25) is 0 Å². The molecule has 1 heterocycles. The molecule has 0 saturated heterocycles. The predicted molar refractivity (Wildman–Crippen MR) is 67.9 cm³/mol. The average molecular weight is 215 g/mol. The molecule has 0 amide bonds.